The van der Waals surface area contributed by atoms with Crippen molar-refractivity contribution in [3.05, 3.63) is 18.1 Å². The highest BCUT2D eigenvalue weighted by atomic mass is 32.1. The second-order valence-electron chi connectivity index (χ2n) is 3.62. The summed E-state index contributed by atoms with van der Waals surface area (Å²) in [5.41, 5.74) is 0.605. The van der Waals surface area contributed by atoms with Gasteiger partial charge in [-0.05, 0) is 12.8 Å². The fraction of sp³-hybridized carbons (Fsp3) is 0.500. The monoisotopic (exact) mass is 238 g/mol. The van der Waals surface area contributed by atoms with Crippen LogP contribution in [0.2, 0.25) is 0 Å². The number of hydrogen-bond donors (Lipinski definition) is 2. The summed E-state index contributed by atoms with van der Waals surface area (Å²) in [6.45, 7) is 1.87. The third-order valence-electron chi connectivity index (χ3n) is 2.52. The summed E-state index contributed by atoms with van der Waals surface area (Å²) in [6.07, 6.45) is 5.75. The number of aliphatic hydroxyl groups excluding tert-OH is 1. The number of nitrogens with zero attached hydrogens (tertiary/aromatic N) is 3. The first-order valence-electron chi connectivity index (χ1n) is 5.27. The molecule has 86 valence electrons. The van der Waals surface area contributed by atoms with E-state index in [0.29, 0.717) is 10.7 Å². The van der Waals surface area contributed by atoms with Gasteiger partial charge in [-0.3, -0.25) is 4.98 Å². The Morgan fingerprint density at radius 1 is 1.44 bits per heavy atom. The number of hydrogen-bond acceptors (Lipinski definition) is 5. The predicted molar refractivity (Wildman–Crippen MR) is 65.4 cm³/mol. The van der Waals surface area contributed by atoms with Crippen LogP contribution in [0.15, 0.2) is 12.4 Å². The van der Waals surface area contributed by atoms with E-state index in [2.05, 4.69) is 20.2 Å². The Bertz CT molecular complexity index is 379. The van der Waals surface area contributed by atoms with Gasteiger partial charge < -0.3 is 15.3 Å². The van der Waals surface area contributed by atoms with E-state index in [9.17, 15) is 0 Å². The van der Waals surface area contributed by atoms with Crippen LogP contribution in [0, 0.1) is 0 Å². The number of aliphatic hydroxyl groups is 1. The van der Waals surface area contributed by atoms with Crippen LogP contribution in [-0.4, -0.2) is 39.9 Å². The number of thiocarbonyl (C=S) groups is 1. The highest BCUT2D eigenvalue weighted by molar-refractivity contribution is 7.80. The zero-order valence-electron chi connectivity index (χ0n) is 8.89. The number of anilines is 1. The Kier molecular flexibility index (Phi) is 3.63. The molecule has 0 amide bonds. The van der Waals surface area contributed by atoms with Crippen molar-refractivity contribution in [3.63, 3.8) is 0 Å². The molecular weight excluding hydrogens is 224 g/mol. The van der Waals surface area contributed by atoms with E-state index < -0.39 is 0 Å². The quantitative estimate of drug-likeness (QED) is 0.583. The van der Waals surface area contributed by atoms with Crippen molar-refractivity contribution in [1.82, 2.24) is 15.3 Å². The van der Waals surface area contributed by atoms with E-state index in [0.717, 1.165) is 18.9 Å². The lowest BCUT2D eigenvalue weighted by Crippen LogP contribution is -2.26. The predicted octanol–water partition coefficient (Wildman–Crippen LogP) is 0.292. The molecule has 0 atom stereocenters. The highest BCUT2D eigenvalue weighted by Crippen LogP contribution is 2.16. The maximum atomic E-state index is 8.72. The first-order valence-corrected chi connectivity index (χ1v) is 5.68. The minimum Gasteiger partial charge on any atom is -0.377 e. The van der Waals surface area contributed by atoms with Crippen LogP contribution < -0.4 is 10.2 Å². The van der Waals surface area contributed by atoms with Gasteiger partial charge in [-0.1, -0.05) is 12.2 Å². The van der Waals surface area contributed by atoms with Crippen LogP contribution in [0.1, 0.15) is 18.5 Å². The Hall–Kier alpha value is -1.27. The maximum absolute atomic E-state index is 8.72. The van der Waals surface area contributed by atoms with Crippen molar-refractivity contribution in [2.24, 2.45) is 0 Å². The first-order chi connectivity index (χ1) is 7.81. The van der Waals surface area contributed by atoms with Crippen molar-refractivity contribution in [3.8, 4) is 0 Å². The molecule has 1 fully saturated rings. The van der Waals surface area contributed by atoms with Crippen LogP contribution in [0.3, 0.4) is 0 Å². The summed E-state index contributed by atoms with van der Waals surface area (Å²) >= 11 is 5.06. The summed E-state index contributed by atoms with van der Waals surface area (Å²) in [6, 6.07) is 0. The van der Waals surface area contributed by atoms with E-state index in [1.165, 1.54) is 12.8 Å². The third kappa shape index (κ3) is 2.45. The van der Waals surface area contributed by atoms with Gasteiger partial charge in [0.2, 0.25) is 0 Å². The smallest absolute Gasteiger partial charge is 0.147 e. The Morgan fingerprint density at radius 2 is 2.19 bits per heavy atom. The molecule has 1 aliphatic heterocycles. The van der Waals surface area contributed by atoms with Crippen LogP contribution in [0.5, 0.6) is 0 Å². The van der Waals surface area contributed by atoms with Gasteiger partial charge in [0, 0.05) is 13.1 Å². The molecule has 16 heavy (non-hydrogen) atoms. The molecule has 0 saturated carbocycles. The van der Waals surface area contributed by atoms with Crippen LogP contribution in [0.4, 0.5) is 5.82 Å². The normalized spacial score (nSPS) is 15.2. The molecule has 1 aromatic heterocycles. The summed E-state index contributed by atoms with van der Waals surface area (Å²) < 4.78 is 0. The second kappa shape index (κ2) is 5.18. The second-order valence-corrected chi connectivity index (χ2v) is 4.03. The van der Waals surface area contributed by atoms with Gasteiger partial charge in [-0.15, -0.1) is 0 Å². The zero-order valence-corrected chi connectivity index (χ0v) is 9.70. The largest absolute Gasteiger partial charge is 0.377 e. The molecule has 1 saturated heterocycles. The van der Waals surface area contributed by atoms with Gasteiger partial charge in [0.15, 0.2) is 0 Å². The van der Waals surface area contributed by atoms with Gasteiger partial charge in [0.1, 0.15) is 23.2 Å². The third-order valence-corrected chi connectivity index (χ3v) is 2.88. The van der Waals surface area contributed by atoms with Crippen LogP contribution >= 0.6 is 12.2 Å². The van der Waals surface area contributed by atoms with E-state index in [1.807, 2.05) is 0 Å². The molecule has 0 aliphatic carbocycles. The molecular formula is C10H14N4OS. The summed E-state index contributed by atoms with van der Waals surface area (Å²) in [5.74, 6) is 0.858. The zero-order chi connectivity index (χ0) is 11.4. The van der Waals surface area contributed by atoms with Gasteiger partial charge in [-0.2, -0.15) is 0 Å². The summed E-state index contributed by atoms with van der Waals surface area (Å²) in [7, 11) is 0. The first kappa shape index (κ1) is 11.2. The van der Waals surface area contributed by atoms with Crippen LogP contribution in [0.25, 0.3) is 0 Å². The molecule has 1 aromatic rings. The van der Waals surface area contributed by atoms with E-state index >= 15 is 0 Å². The van der Waals surface area contributed by atoms with Crippen molar-refractivity contribution in [2.75, 3.05) is 24.7 Å². The standard InChI is InChI=1S/C10H14N4OS/c15-7-12-10(16)8-5-11-6-9(13-8)14-3-1-2-4-14/h5-6,15H,1-4,7H2,(H,12,16). The Labute approximate surface area is 99.5 Å². The van der Waals surface area contributed by atoms with Gasteiger partial charge in [0.05, 0.1) is 12.4 Å². The van der Waals surface area contributed by atoms with Crippen molar-refractivity contribution in [2.45, 2.75) is 12.8 Å². The summed E-state index contributed by atoms with van der Waals surface area (Å²) in [4.78, 5) is 11.2. The average molecular weight is 238 g/mol. The van der Waals surface area contributed by atoms with E-state index in [1.54, 1.807) is 12.4 Å². The Balaban J connectivity index is 2.15. The van der Waals surface area contributed by atoms with Crippen molar-refractivity contribution < 1.29 is 5.11 Å². The molecule has 0 aromatic carbocycles. The lowest BCUT2D eigenvalue weighted by molar-refractivity contribution is 0.287. The van der Waals surface area contributed by atoms with Gasteiger partial charge in [0.25, 0.3) is 0 Å². The molecule has 0 bridgehead atoms. The SMILES string of the molecule is OCNC(=S)c1cncc(N2CCCC2)n1. The molecule has 1 aliphatic rings. The molecule has 2 heterocycles. The lowest BCUT2D eigenvalue weighted by atomic mass is 10.4. The van der Waals surface area contributed by atoms with Crippen LogP contribution in [-0.2, 0) is 0 Å². The number of nitrogens with one attached hydrogen (secondary N) is 1. The molecule has 5 nitrogen and oxygen atoms in total. The van der Waals surface area contributed by atoms with E-state index in [4.69, 9.17) is 17.3 Å². The van der Waals surface area contributed by atoms with E-state index in [-0.39, 0.29) is 6.73 Å². The highest BCUT2D eigenvalue weighted by Gasteiger charge is 2.14. The Morgan fingerprint density at radius 3 is 2.88 bits per heavy atom. The molecule has 6 heteroatoms. The molecule has 2 rings (SSSR count). The molecule has 0 radical (unpaired) electrons. The average Bonchev–Trinajstić information content (AvgIpc) is 2.83. The topological polar surface area (TPSA) is 61.3 Å². The molecule has 2 N–H and O–H groups in total. The molecule has 0 spiro atoms. The van der Waals surface area contributed by atoms with Gasteiger partial charge >= 0.3 is 0 Å². The fourth-order valence-electron chi connectivity index (χ4n) is 1.73. The van der Waals surface area contributed by atoms with Crippen molar-refractivity contribution >= 4 is 23.0 Å². The molecule has 0 unspecified atom stereocenters. The lowest BCUT2D eigenvalue weighted by Gasteiger charge is -2.16. The number of rotatable bonds is 3. The van der Waals surface area contributed by atoms with Gasteiger partial charge in [-0.25, -0.2) is 4.98 Å². The minimum absolute atomic E-state index is 0.186. The fourth-order valence-corrected chi connectivity index (χ4v) is 1.89. The minimum atomic E-state index is -0.186. The van der Waals surface area contributed by atoms with Crippen molar-refractivity contribution in [1.29, 1.82) is 0 Å². The maximum Gasteiger partial charge on any atom is 0.147 e. The number of aromatic nitrogens is 2. The summed E-state index contributed by atoms with van der Waals surface area (Å²) in [5, 5.41) is 11.4.